The molecular formula is C11H13N3O. The summed E-state index contributed by atoms with van der Waals surface area (Å²) in [5.41, 5.74) is 1.21. The fourth-order valence-corrected chi connectivity index (χ4v) is 1.76. The highest BCUT2D eigenvalue weighted by Crippen LogP contribution is 2.27. The molecule has 2 N–H and O–H groups in total. The number of aliphatic hydroxyl groups is 1. The lowest BCUT2D eigenvalue weighted by molar-refractivity contribution is 0.0487. The van der Waals surface area contributed by atoms with Crippen LogP contribution in [0.15, 0.2) is 18.3 Å². The van der Waals surface area contributed by atoms with Crippen LogP contribution in [0.25, 0.3) is 0 Å². The molecule has 1 aromatic heterocycles. The third kappa shape index (κ3) is 2.25. The third-order valence-corrected chi connectivity index (χ3v) is 2.71. The van der Waals surface area contributed by atoms with E-state index in [1.807, 2.05) is 12.1 Å². The fraction of sp³-hybridized carbons (Fsp3) is 0.455. The van der Waals surface area contributed by atoms with Gasteiger partial charge in [0.15, 0.2) is 5.69 Å². The van der Waals surface area contributed by atoms with Crippen molar-refractivity contribution in [3.05, 3.63) is 24.0 Å². The number of nitrogens with one attached hydrogen (secondary N) is 1. The molecule has 0 radical (unpaired) electrons. The molecule has 1 aliphatic carbocycles. The molecule has 0 bridgehead atoms. The van der Waals surface area contributed by atoms with Crippen molar-refractivity contribution in [3.8, 4) is 6.07 Å². The maximum atomic E-state index is 9.12. The third-order valence-electron chi connectivity index (χ3n) is 2.71. The number of pyridine rings is 1. The number of rotatable bonds is 3. The highest BCUT2D eigenvalue weighted by atomic mass is 16.3. The molecule has 15 heavy (non-hydrogen) atoms. The molecule has 1 aliphatic rings. The van der Waals surface area contributed by atoms with Crippen LogP contribution in [0.5, 0.6) is 0 Å². The van der Waals surface area contributed by atoms with Crippen LogP contribution >= 0.6 is 0 Å². The van der Waals surface area contributed by atoms with Crippen molar-refractivity contribution in [1.82, 2.24) is 4.98 Å². The van der Waals surface area contributed by atoms with Gasteiger partial charge in [0, 0.05) is 12.7 Å². The lowest BCUT2D eigenvalue weighted by Crippen LogP contribution is -2.33. The van der Waals surface area contributed by atoms with Crippen molar-refractivity contribution in [1.29, 1.82) is 5.26 Å². The number of aliphatic hydroxyl groups excluding tert-OH is 1. The molecular weight excluding hydrogens is 190 g/mol. The summed E-state index contributed by atoms with van der Waals surface area (Å²) < 4.78 is 0. The largest absolute Gasteiger partial charge is 0.393 e. The van der Waals surface area contributed by atoms with Crippen LogP contribution in [0.4, 0.5) is 5.69 Å². The zero-order valence-electron chi connectivity index (χ0n) is 8.35. The SMILES string of the molecule is N#Cc1ncccc1NCC1CC(O)C1. The van der Waals surface area contributed by atoms with E-state index in [1.165, 1.54) is 0 Å². The minimum Gasteiger partial charge on any atom is -0.393 e. The van der Waals surface area contributed by atoms with Gasteiger partial charge in [-0.2, -0.15) is 5.26 Å². The van der Waals surface area contributed by atoms with E-state index in [4.69, 9.17) is 10.4 Å². The standard InChI is InChI=1S/C11H13N3O/c12-6-11-10(2-1-3-13-11)14-7-8-4-9(15)5-8/h1-3,8-9,14-15H,4-5,7H2. The van der Waals surface area contributed by atoms with Crippen LogP contribution in [0, 0.1) is 17.2 Å². The number of aromatic nitrogens is 1. The Bertz CT molecular complexity index is 380. The minimum atomic E-state index is -0.124. The maximum absolute atomic E-state index is 9.12. The molecule has 0 saturated heterocycles. The molecule has 0 unspecified atom stereocenters. The number of hydrogen-bond acceptors (Lipinski definition) is 4. The lowest BCUT2D eigenvalue weighted by atomic mass is 9.82. The van der Waals surface area contributed by atoms with Crippen LogP contribution < -0.4 is 5.32 Å². The Morgan fingerprint density at radius 2 is 2.40 bits per heavy atom. The van der Waals surface area contributed by atoms with E-state index in [0.717, 1.165) is 25.1 Å². The molecule has 1 saturated carbocycles. The summed E-state index contributed by atoms with van der Waals surface area (Å²) in [7, 11) is 0. The van der Waals surface area contributed by atoms with Gasteiger partial charge in [0.1, 0.15) is 6.07 Å². The quantitative estimate of drug-likeness (QED) is 0.772. The minimum absolute atomic E-state index is 0.124. The predicted molar refractivity (Wildman–Crippen MR) is 56.2 cm³/mol. The summed E-state index contributed by atoms with van der Waals surface area (Å²) in [5, 5.41) is 21.1. The molecule has 0 aliphatic heterocycles. The Morgan fingerprint density at radius 1 is 1.60 bits per heavy atom. The summed E-state index contributed by atoms with van der Waals surface area (Å²) in [6, 6.07) is 5.69. The zero-order chi connectivity index (χ0) is 10.7. The molecule has 1 fully saturated rings. The molecule has 0 amide bonds. The van der Waals surface area contributed by atoms with E-state index < -0.39 is 0 Å². The van der Waals surface area contributed by atoms with E-state index in [0.29, 0.717) is 11.6 Å². The Hall–Kier alpha value is -1.60. The molecule has 4 heteroatoms. The highest BCUT2D eigenvalue weighted by molar-refractivity contribution is 5.53. The molecule has 0 aromatic carbocycles. The van der Waals surface area contributed by atoms with Gasteiger partial charge in [0.2, 0.25) is 0 Å². The second-order valence-electron chi connectivity index (χ2n) is 3.88. The van der Waals surface area contributed by atoms with Gasteiger partial charge >= 0.3 is 0 Å². The molecule has 4 nitrogen and oxygen atoms in total. The fourth-order valence-electron chi connectivity index (χ4n) is 1.76. The van der Waals surface area contributed by atoms with Crippen LogP contribution in [-0.2, 0) is 0 Å². The summed E-state index contributed by atoms with van der Waals surface area (Å²) >= 11 is 0. The molecule has 1 aromatic rings. The van der Waals surface area contributed by atoms with Gasteiger partial charge in [0.05, 0.1) is 11.8 Å². The number of nitriles is 1. The van der Waals surface area contributed by atoms with E-state index in [9.17, 15) is 0 Å². The van der Waals surface area contributed by atoms with Gasteiger partial charge in [-0.1, -0.05) is 0 Å². The first-order chi connectivity index (χ1) is 7.29. The first-order valence-electron chi connectivity index (χ1n) is 5.06. The van der Waals surface area contributed by atoms with Crippen LogP contribution in [0.2, 0.25) is 0 Å². The predicted octanol–water partition coefficient (Wildman–Crippen LogP) is 1.14. The molecule has 1 heterocycles. The van der Waals surface area contributed by atoms with E-state index >= 15 is 0 Å². The lowest BCUT2D eigenvalue weighted by Gasteiger charge is -2.31. The Labute approximate surface area is 88.6 Å². The van der Waals surface area contributed by atoms with Crippen LogP contribution in [0.3, 0.4) is 0 Å². The van der Waals surface area contributed by atoms with Gasteiger partial charge in [0.25, 0.3) is 0 Å². The van der Waals surface area contributed by atoms with Crippen LogP contribution in [-0.4, -0.2) is 22.7 Å². The Kier molecular flexibility index (Phi) is 2.84. The van der Waals surface area contributed by atoms with Crippen molar-refractivity contribution in [3.63, 3.8) is 0 Å². The number of anilines is 1. The van der Waals surface area contributed by atoms with Gasteiger partial charge in [-0.25, -0.2) is 4.98 Å². The number of hydrogen-bond donors (Lipinski definition) is 2. The topological polar surface area (TPSA) is 68.9 Å². The highest BCUT2D eigenvalue weighted by Gasteiger charge is 2.26. The first-order valence-corrected chi connectivity index (χ1v) is 5.06. The number of nitrogens with zero attached hydrogens (tertiary/aromatic N) is 2. The average Bonchev–Trinajstić information content (AvgIpc) is 2.23. The van der Waals surface area contributed by atoms with E-state index in [-0.39, 0.29) is 6.10 Å². The van der Waals surface area contributed by atoms with Crippen molar-refractivity contribution >= 4 is 5.69 Å². The summed E-state index contributed by atoms with van der Waals surface area (Å²) in [6.45, 7) is 0.803. The molecule has 0 atom stereocenters. The monoisotopic (exact) mass is 203 g/mol. The smallest absolute Gasteiger partial charge is 0.163 e. The summed E-state index contributed by atoms with van der Waals surface area (Å²) in [5.74, 6) is 0.520. The molecule has 78 valence electrons. The Morgan fingerprint density at radius 3 is 3.07 bits per heavy atom. The molecule has 0 spiro atoms. The van der Waals surface area contributed by atoms with Crippen molar-refractivity contribution in [2.75, 3.05) is 11.9 Å². The van der Waals surface area contributed by atoms with Crippen LogP contribution in [0.1, 0.15) is 18.5 Å². The second kappa shape index (κ2) is 4.28. The van der Waals surface area contributed by atoms with Gasteiger partial charge in [-0.3, -0.25) is 0 Å². The van der Waals surface area contributed by atoms with Crippen molar-refractivity contribution in [2.45, 2.75) is 18.9 Å². The normalized spacial score (nSPS) is 24.0. The van der Waals surface area contributed by atoms with Crippen molar-refractivity contribution in [2.24, 2.45) is 5.92 Å². The van der Waals surface area contributed by atoms with E-state index in [2.05, 4.69) is 10.3 Å². The molecule has 2 rings (SSSR count). The van der Waals surface area contributed by atoms with Gasteiger partial charge < -0.3 is 10.4 Å². The summed E-state index contributed by atoms with van der Waals surface area (Å²) in [4.78, 5) is 3.96. The average molecular weight is 203 g/mol. The first kappa shape index (κ1) is 9.94. The zero-order valence-corrected chi connectivity index (χ0v) is 8.35. The maximum Gasteiger partial charge on any atom is 0.163 e. The van der Waals surface area contributed by atoms with E-state index in [1.54, 1.807) is 12.3 Å². The van der Waals surface area contributed by atoms with Gasteiger partial charge in [-0.15, -0.1) is 0 Å². The second-order valence-corrected chi connectivity index (χ2v) is 3.88. The summed E-state index contributed by atoms with van der Waals surface area (Å²) in [6.07, 6.45) is 3.20. The van der Waals surface area contributed by atoms with Gasteiger partial charge in [-0.05, 0) is 30.9 Å². The van der Waals surface area contributed by atoms with Crippen molar-refractivity contribution < 1.29 is 5.11 Å². The Balaban J connectivity index is 1.91.